The third kappa shape index (κ3) is 3.14. The van der Waals surface area contributed by atoms with E-state index in [9.17, 15) is 8.42 Å². The van der Waals surface area contributed by atoms with Gasteiger partial charge in [-0.25, -0.2) is 8.42 Å². The second-order valence-electron chi connectivity index (χ2n) is 4.87. The molecular weight excluding hydrogens is 268 g/mol. The molecular formula is C13H18O5S. The van der Waals surface area contributed by atoms with Gasteiger partial charge in [0, 0.05) is 11.8 Å². The van der Waals surface area contributed by atoms with Crippen LogP contribution in [0.1, 0.15) is 11.1 Å². The molecule has 106 valence electrons. The highest BCUT2D eigenvalue weighted by molar-refractivity contribution is 7.90. The molecule has 0 amide bonds. The van der Waals surface area contributed by atoms with Crippen LogP contribution in [0.2, 0.25) is 0 Å². The molecule has 0 radical (unpaired) electrons. The molecule has 5 nitrogen and oxygen atoms in total. The fourth-order valence-corrected chi connectivity index (χ4v) is 3.29. The maximum Gasteiger partial charge on any atom is 0.209 e. The minimum absolute atomic E-state index is 0.181. The summed E-state index contributed by atoms with van der Waals surface area (Å²) in [6.45, 7) is 1.86. The maximum absolute atomic E-state index is 11.6. The van der Waals surface area contributed by atoms with Crippen LogP contribution >= 0.6 is 0 Å². The smallest absolute Gasteiger partial charge is 0.209 e. The van der Waals surface area contributed by atoms with Gasteiger partial charge in [-0.2, -0.15) is 0 Å². The Morgan fingerprint density at radius 1 is 1.42 bits per heavy atom. The Balaban J connectivity index is 2.44. The molecule has 1 aromatic rings. The molecule has 1 heterocycles. The molecule has 1 aliphatic rings. The van der Waals surface area contributed by atoms with Crippen molar-refractivity contribution in [2.24, 2.45) is 0 Å². The van der Waals surface area contributed by atoms with E-state index in [1.807, 2.05) is 25.1 Å². The monoisotopic (exact) mass is 286 g/mol. The minimum atomic E-state index is -3.29. The normalized spacial score (nSPS) is 27.6. The highest BCUT2D eigenvalue weighted by Crippen LogP contribution is 2.37. The number of hydrogen-bond acceptors (Lipinski definition) is 5. The second-order valence-corrected chi connectivity index (χ2v) is 7.01. The number of hydrogen-bond donors (Lipinski definition) is 1. The molecule has 19 heavy (non-hydrogen) atoms. The first-order chi connectivity index (χ1) is 8.86. The van der Waals surface area contributed by atoms with E-state index in [2.05, 4.69) is 0 Å². The molecule has 0 aromatic heterocycles. The summed E-state index contributed by atoms with van der Waals surface area (Å²) in [4.78, 5) is 0. The summed E-state index contributed by atoms with van der Waals surface area (Å²) < 4.78 is 34.6. The van der Waals surface area contributed by atoms with Gasteiger partial charge in [0.05, 0.1) is 13.2 Å². The highest BCUT2D eigenvalue weighted by atomic mass is 32.2. The molecule has 2 atom stereocenters. The van der Waals surface area contributed by atoms with E-state index in [0.29, 0.717) is 5.56 Å². The average Bonchev–Trinajstić information content (AvgIpc) is 2.71. The molecule has 1 saturated heterocycles. The van der Waals surface area contributed by atoms with Crippen molar-refractivity contribution in [3.05, 3.63) is 35.4 Å². The molecule has 0 spiro atoms. The van der Waals surface area contributed by atoms with Gasteiger partial charge in [0.1, 0.15) is 11.9 Å². The third-order valence-corrected chi connectivity index (χ3v) is 3.98. The van der Waals surface area contributed by atoms with Crippen LogP contribution in [0.4, 0.5) is 0 Å². The van der Waals surface area contributed by atoms with Crippen molar-refractivity contribution in [1.82, 2.24) is 0 Å². The molecule has 0 bridgehead atoms. The lowest BCUT2D eigenvalue weighted by molar-refractivity contribution is -0.162. The zero-order valence-electron chi connectivity index (χ0n) is 11.0. The first-order valence-corrected chi connectivity index (χ1v) is 8.09. The van der Waals surface area contributed by atoms with Crippen molar-refractivity contribution >= 4 is 9.84 Å². The molecule has 2 rings (SSSR count). The summed E-state index contributed by atoms with van der Waals surface area (Å²) in [7, 11) is -3.29. The Kier molecular flexibility index (Phi) is 3.96. The van der Waals surface area contributed by atoms with Crippen LogP contribution in [-0.2, 0) is 25.1 Å². The van der Waals surface area contributed by atoms with Gasteiger partial charge in [-0.05, 0) is 12.5 Å². The fraction of sp³-hybridized carbons (Fsp3) is 0.538. The van der Waals surface area contributed by atoms with E-state index >= 15 is 0 Å². The Morgan fingerprint density at radius 2 is 2.11 bits per heavy atom. The average molecular weight is 286 g/mol. The van der Waals surface area contributed by atoms with E-state index in [-0.39, 0.29) is 19.0 Å². The summed E-state index contributed by atoms with van der Waals surface area (Å²) in [5, 5.41) is 9.16. The van der Waals surface area contributed by atoms with E-state index < -0.39 is 21.7 Å². The van der Waals surface area contributed by atoms with E-state index in [1.165, 1.54) is 0 Å². The number of aliphatic hydroxyl groups excluding tert-OH is 1. The van der Waals surface area contributed by atoms with Gasteiger partial charge in [0.2, 0.25) is 5.79 Å². The van der Waals surface area contributed by atoms with Crippen LogP contribution in [0.3, 0.4) is 0 Å². The van der Waals surface area contributed by atoms with Crippen LogP contribution in [0.25, 0.3) is 0 Å². The van der Waals surface area contributed by atoms with Crippen molar-refractivity contribution in [3.63, 3.8) is 0 Å². The quantitative estimate of drug-likeness (QED) is 0.877. The van der Waals surface area contributed by atoms with Crippen LogP contribution in [0.5, 0.6) is 0 Å². The summed E-state index contributed by atoms with van der Waals surface area (Å²) in [5.41, 5.74) is 1.58. The largest absolute Gasteiger partial charge is 0.394 e. The Hall–Kier alpha value is -0.950. The van der Waals surface area contributed by atoms with Crippen molar-refractivity contribution in [1.29, 1.82) is 0 Å². The molecule has 6 heteroatoms. The minimum Gasteiger partial charge on any atom is -0.394 e. The van der Waals surface area contributed by atoms with Gasteiger partial charge in [0.25, 0.3) is 0 Å². The molecule has 1 aromatic carbocycles. The molecule has 0 saturated carbocycles. The summed E-state index contributed by atoms with van der Waals surface area (Å²) in [6.07, 6.45) is 0.646. The Morgan fingerprint density at radius 3 is 2.63 bits per heavy atom. The van der Waals surface area contributed by atoms with E-state index in [4.69, 9.17) is 14.6 Å². The zero-order chi connectivity index (χ0) is 14.1. The number of aryl methyl sites for hydroxylation is 1. The fourth-order valence-electron chi connectivity index (χ4n) is 2.29. The first-order valence-electron chi connectivity index (χ1n) is 6.03. The van der Waals surface area contributed by atoms with Gasteiger partial charge in [-0.3, -0.25) is 0 Å². The summed E-state index contributed by atoms with van der Waals surface area (Å²) >= 11 is 0. The third-order valence-electron chi connectivity index (χ3n) is 3.07. The van der Waals surface area contributed by atoms with Crippen LogP contribution in [0.15, 0.2) is 24.3 Å². The van der Waals surface area contributed by atoms with Gasteiger partial charge >= 0.3 is 0 Å². The van der Waals surface area contributed by atoms with Gasteiger partial charge < -0.3 is 14.6 Å². The molecule has 1 aliphatic heterocycles. The van der Waals surface area contributed by atoms with Crippen LogP contribution < -0.4 is 0 Å². The predicted molar refractivity (Wildman–Crippen MR) is 70.5 cm³/mol. The highest BCUT2D eigenvalue weighted by Gasteiger charge is 2.46. The second kappa shape index (κ2) is 5.20. The lowest BCUT2D eigenvalue weighted by atomic mass is 10.0. The Bertz CT molecular complexity index is 554. The molecule has 1 N–H and O–H groups in total. The summed E-state index contributed by atoms with van der Waals surface area (Å²) in [6, 6.07) is 7.34. The van der Waals surface area contributed by atoms with Gasteiger partial charge in [0.15, 0.2) is 9.84 Å². The van der Waals surface area contributed by atoms with Crippen molar-refractivity contribution in [3.8, 4) is 0 Å². The lowest BCUT2D eigenvalue weighted by Crippen LogP contribution is -2.37. The summed E-state index contributed by atoms with van der Waals surface area (Å²) in [5.74, 6) is -1.58. The standard InChI is InChI=1S/C13H18O5S/c1-10-5-3-4-6-12(10)13(9-19(2,15)16)17-8-11(7-14)18-13/h3-6,11,14H,7-9H2,1-2H3/t11-,13-/m0/s1. The molecule has 0 unspecified atom stereocenters. The number of benzene rings is 1. The van der Waals surface area contributed by atoms with Gasteiger partial charge in [-0.15, -0.1) is 0 Å². The predicted octanol–water partition coefficient (Wildman–Crippen LogP) is 0.600. The maximum atomic E-state index is 11.6. The van der Waals surface area contributed by atoms with Crippen LogP contribution in [0, 0.1) is 6.92 Å². The molecule has 1 fully saturated rings. The zero-order valence-corrected chi connectivity index (χ0v) is 11.8. The SMILES string of the molecule is Cc1ccccc1[C@@]1(CS(C)(=O)=O)OC[C@H](CO)O1. The topological polar surface area (TPSA) is 72.8 Å². The van der Waals surface area contributed by atoms with E-state index in [1.54, 1.807) is 6.07 Å². The number of ether oxygens (including phenoxy) is 2. The van der Waals surface area contributed by atoms with Crippen molar-refractivity contribution in [2.75, 3.05) is 25.2 Å². The van der Waals surface area contributed by atoms with Crippen LogP contribution in [-0.4, -0.2) is 44.9 Å². The Labute approximate surface area is 113 Å². The van der Waals surface area contributed by atoms with Crippen molar-refractivity contribution < 1.29 is 23.0 Å². The number of aliphatic hydroxyl groups is 1. The molecule has 0 aliphatic carbocycles. The number of rotatable bonds is 4. The lowest BCUT2D eigenvalue weighted by Gasteiger charge is -2.29. The van der Waals surface area contributed by atoms with Gasteiger partial charge in [-0.1, -0.05) is 24.3 Å². The first kappa shape index (κ1) is 14.5. The van der Waals surface area contributed by atoms with Crippen molar-refractivity contribution in [2.45, 2.75) is 18.8 Å². The van der Waals surface area contributed by atoms with E-state index in [0.717, 1.165) is 11.8 Å². The number of sulfone groups is 1.